The van der Waals surface area contributed by atoms with Crippen LogP contribution in [-0.2, 0) is 24.3 Å². The van der Waals surface area contributed by atoms with Crippen molar-refractivity contribution < 1.29 is 9.59 Å². The Balaban J connectivity index is 1.32. The van der Waals surface area contributed by atoms with Crippen LogP contribution >= 0.6 is 0 Å². The van der Waals surface area contributed by atoms with Gasteiger partial charge in [-0.05, 0) is 47.1 Å². The summed E-state index contributed by atoms with van der Waals surface area (Å²) >= 11 is 0. The Kier molecular flexibility index (Phi) is 7.03. The first-order chi connectivity index (χ1) is 15.8. The molecule has 176 valence electrons. The van der Waals surface area contributed by atoms with Gasteiger partial charge in [-0.15, -0.1) is 0 Å². The van der Waals surface area contributed by atoms with Crippen LogP contribution in [0.25, 0.3) is 0 Å². The fourth-order valence-electron chi connectivity index (χ4n) is 4.61. The Morgan fingerprint density at radius 2 is 1.73 bits per heavy atom. The monoisotopic (exact) mass is 448 g/mol. The molecule has 2 aliphatic heterocycles. The lowest BCUT2D eigenvalue weighted by Gasteiger charge is -2.37. The Hall–Kier alpha value is -2.86. The van der Waals surface area contributed by atoms with E-state index in [4.69, 9.17) is 0 Å². The van der Waals surface area contributed by atoms with E-state index in [-0.39, 0.29) is 23.4 Å². The van der Waals surface area contributed by atoms with Gasteiger partial charge in [-0.1, -0.05) is 57.2 Å². The van der Waals surface area contributed by atoms with Gasteiger partial charge in [0, 0.05) is 50.9 Å². The summed E-state index contributed by atoms with van der Waals surface area (Å²) in [6.07, 6.45) is 2.64. The molecule has 0 aliphatic carbocycles. The van der Waals surface area contributed by atoms with Gasteiger partial charge in [0.1, 0.15) is 0 Å². The number of rotatable bonds is 6. The predicted molar refractivity (Wildman–Crippen MR) is 132 cm³/mol. The highest BCUT2D eigenvalue weighted by Crippen LogP contribution is 2.24. The van der Waals surface area contributed by atoms with Gasteiger partial charge in [-0.3, -0.25) is 9.69 Å². The second-order valence-electron chi connectivity index (χ2n) is 10.4. The zero-order valence-corrected chi connectivity index (χ0v) is 20.1. The third-order valence-electron chi connectivity index (χ3n) is 6.76. The molecule has 0 spiro atoms. The maximum Gasteiger partial charge on any atom is 0.319 e. The summed E-state index contributed by atoms with van der Waals surface area (Å²) in [5.41, 5.74) is 4.58. The van der Waals surface area contributed by atoms with Crippen LogP contribution in [0.3, 0.4) is 0 Å². The van der Waals surface area contributed by atoms with Crippen molar-refractivity contribution in [1.82, 2.24) is 15.1 Å². The van der Waals surface area contributed by atoms with E-state index < -0.39 is 0 Å². The number of hydrogen-bond acceptors (Lipinski definition) is 3. The smallest absolute Gasteiger partial charge is 0.319 e. The van der Waals surface area contributed by atoms with E-state index >= 15 is 0 Å². The van der Waals surface area contributed by atoms with Crippen LogP contribution in [0.2, 0.25) is 0 Å². The lowest BCUT2D eigenvalue weighted by atomic mass is 9.86. The van der Waals surface area contributed by atoms with E-state index in [1.165, 1.54) is 11.1 Å². The Bertz CT molecular complexity index is 980. The number of hydrogen-bond donors (Lipinski definition) is 2. The number of benzene rings is 2. The van der Waals surface area contributed by atoms with Crippen molar-refractivity contribution >= 4 is 17.6 Å². The number of carbonyl (C=O) groups excluding carboxylic acids is 2. The van der Waals surface area contributed by atoms with Gasteiger partial charge in [-0.25, -0.2) is 4.79 Å². The first-order valence-corrected chi connectivity index (χ1v) is 12.0. The van der Waals surface area contributed by atoms with Crippen LogP contribution < -0.4 is 10.6 Å². The predicted octanol–water partition coefficient (Wildman–Crippen LogP) is 4.40. The zero-order chi connectivity index (χ0) is 23.4. The van der Waals surface area contributed by atoms with Crippen LogP contribution in [0.1, 0.15) is 50.3 Å². The summed E-state index contributed by atoms with van der Waals surface area (Å²) in [7, 11) is 0. The van der Waals surface area contributed by atoms with Crippen LogP contribution in [0, 0.1) is 5.41 Å². The maximum absolute atomic E-state index is 12.8. The molecule has 6 heteroatoms. The van der Waals surface area contributed by atoms with Crippen molar-refractivity contribution in [3.8, 4) is 0 Å². The molecule has 2 heterocycles. The van der Waals surface area contributed by atoms with Gasteiger partial charge in [0.2, 0.25) is 5.91 Å². The van der Waals surface area contributed by atoms with Gasteiger partial charge in [0.25, 0.3) is 0 Å². The zero-order valence-electron chi connectivity index (χ0n) is 20.1. The molecule has 0 saturated carbocycles. The van der Waals surface area contributed by atoms with Gasteiger partial charge < -0.3 is 15.5 Å². The molecule has 2 aromatic carbocycles. The van der Waals surface area contributed by atoms with Gasteiger partial charge in [0.15, 0.2) is 0 Å². The molecule has 2 aromatic rings. The van der Waals surface area contributed by atoms with E-state index in [0.717, 1.165) is 50.3 Å². The van der Waals surface area contributed by atoms with Crippen LogP contribution in [0.5, 0.6) is 0 Å². The number of urea groups is 1. The van der Waals surface area contributed by atoms with Crippen LogP contribution in [0.15, 0.2) is 48.5 Å². The maximum atomic E-state index is 12.8. The van der Waals surface area contributed by atoms with Crippen LogP contribution in [-0.4, -0.2) is 47.4 Å². The largest absolute Gasteiger partial charge is 0.338 e. The third-order valence-corrected chi connectivity index (χ3v) is 6.76. The van der Waals surface area contributed by atoms with Gasteiger partial charge in [-0.2, -0.15) is 0 Å². The minimum Gasteiger partial charge on any atom is -0.338 e. The summed E-state index contributed by atoms with van der Waals surface area (Å²) < 4.78 is 0. The molecule has 0 bridgehead atoms. The Morgan fingerprint density at radius 1 is 1.00 bits per heavy atom. The van der Waals surface area contributed by atoms with Crippen molar-refractivity contribution in [3.05, 3.63) is 65.2 Å². The normalized spacial score (nSPS) is 17.5. The van der Waals surface area contributed by atoms with E-state index in [9.17, 15) is 9.59 Å². The molecular weight excluding hydrogens is 412 g/mol. The quantitative estimate of drug-likeness (QED) is 0.688. The molecule has 1 saturated heterocycles. The average Bonchev–Trinajstić information content (AvgIpc) is 3.18. The molecule has 3 amide bonds. The molecule has 1 fully saturated rings. The summed E-state index contributed by atoms with van der Waals surface area (Å²) in [5.74, 6) is 0.224. The Labute approximate surface area is 197 Å². The molecule has 0 aromatic heterocycles. The molecule has 2 N–H and O–H groups in total. The van der Waals surface area contributed by atoms with Gasteiger partial charge in [0.05, 0.1) is 0 Å². The molecule has 6 nitrogen and oxygen atoms in total. The average molecular weight is 449 g/mol. The van der Waals surface area contributed by atoms with E-state index in [1.807, 2.05) is 29.2 Å². The molecule has 33 heavy (non-hydrogen) atoms. The lowest BCUT2D eigenvalue weighted by molar-refractivity contribution is -0.128. The van der Waals surface area contributed by atoms with Gasteiger partial charge >= 0.3 is 6.03 Å². The second-order valence-corrected chi connectivity index (χ2v) is 10.4. The van der Waals surface area contributed by atoms with Crippen molar-refractivity contribution in [2.75, 3.05) is 25.0 Å². The molecule has 2 aliphatic rings. The number of likely N-dealkylation sites (tertiary alicyclic amines) is 1. The van der Waals surface area contributed by atoms with E-state index in [0.29, 0.717) is 13.0 Å². The fourth-order valence-corrected chi connectivity index (χ4v) is 4.61. The highest BCUT2D eigenvalue weighted by Gasteiger charge is 2.29. The van der Waals surface area contributed by atoms with Crippen molar-refractivity contribution in [2.24, 2.45) is 5.41 Å². The summed E-state index contributed by atoms with van der Waals surface area (Å²) in [4.78, 5) is 29.0. The number of anilines is 1. The van der Waals surface area contributed by atoms with Crippen molar-refractivity contribution in [2.45, 2.75) is 59.2 Å². The topological polar surface area (TPSA) is 64.7 Å². The number of nitrogens with one attached hydrogen (secondary N) is 2. The summed E-state index contributed by atoms with van der Waals surface area (Å²) in [6.45, 7) is 10.7. The molecule has 4 rings (SSSR count). The highest BCUT2D eigenvalue weighted by atomic mass is 16.2. The van der Waals surface area contributed by atoms with Crippen LogP contribution in [0.4, 0.5) is 10.5 Å². The van der Waals surface area contributed by atoms with Crippen molar-refractivity contribution in [1.29, 1.82) is 0 Å². The molecular formula is C27H36N4O2. The second kappa shape index (κ2) is 9.96. The number of amides is 3. The summed E-state index contributed by atoms with van der Waals surface area (Å²) in [6, 6.07) is 16.2. The van der Waals surface area contributed by atoms with E-state index in [2.05, 4.69) is 60.6 Å². The number of carbonyl (C=O) groups is 2. The minimum atomic E-state index is -0.185. The number of nitrogens with zero attached hydrogens (tertiary/aromatic N) is 2. The van der Waals surface area contributed by atoms with Crippen molar-refractivity contribution in [3.63, 3.8) is 0 Å². The standard InChI is InChI=1S/C27H36N4O2/c1-27(2,3)24(19-30-16-14-21-7-4-5-8-22(21)18-30)29-26(33)28-23-12-10-20(11-13-23)17-31-15-6-9-25(31)32/h4-5,7-8,10-13,24H,6,9,14-19H2,1-3H3,(H2,28,29,33). The minimum absolute atomic E-state index is 0.0169. The first kappa shape index (κ1) is 23.3. The molecule has 1 atom stereocenters. The Morgan fingerprint density at radius 3 is 2.39 bits per heavy atom. The van der Waals surface area contributed by atoms with E-state index in [1.54, 1.807) is 0 Å². The summed E-state index contributed by atoms with van der Waals surface area (Å²) in [5, 5.41) is 6.19. The number of fused-ring (bicyclic) bond motifs is 1. The molecule has 1 unspecified atom stereocenters. The molecule has 0 radical (unpaired) electrons. The highest BCUT2D eigenvalue weighted by molar-refractivity contribution is 5.89. The lowest BCUT2D eigenvalue weighted by Crippen LogP contribution is -2.52. The first-order valence-electron chi connectivity index (χ1n) is 12.0. The fraction of sp³-hybridized carbons (Fsp3) is 0.481. The SMILES string of the molecule is CC(C)(C)C(CN1CCc2ccccc2C1)NC(=O)Nc1ccc(CN2CCCC2=O)cc1. The third kappa shape index (κ3) is 6.14.